The van der Waals surface area contributed by atoms with Gasteiger partial charge < -0.3 is 24.8 Å². The van der Waals surface area contributed by atoms with E-state index in [1.54, 1.807) is 27.7 Å². The second kappa shape index (κ2) is 13.3. The topological polar surface area (TPSA) is 103 Å². The minimum atomic E-state index is -0.942. The van der Waals surface area contributed by atoms with Crippen molar-refractivity contribution in [1.82, 2.24) is 10.6 Å². The molecule has 1 amide bonds. The van der Waals surface area contributed by atoms with E-state index in [0.717, 1.165) is 11.1 Å². The van der Waals surface area contributed by atoms with Crippen LogP contribution in [0.3, 0.4) is 0 Å². The van der Waals surface area contributed by atoms with Gasteiger partial charge in [0.1, 0.15) is 30.9 Å². The maximum Gasteiger partial charge on any atom is 0.408 e. The monoisotopic (exact) mass is 470 g/mol. The average Bonchev–Trinajstić information content (AvgIpc) is 2.80. The minimum Gasteiger partial charge on any atom is -0.460 e. The summed E-state index contributed by atoms with van der Waals surface area (Å²) in [7, 11) is 0. The van der Waals surface area contributed by atoms with Gasteiger partial charge in [0.2, 0.25) is 0 Å². The number of esters is 2. The number of hydrogen-bond donors (Lipinski definition) is 2. The molecule has 0 saturated carbocycles. The van der Waals surface area contributed by atoms with Crippen LogP contribution in [0.15, 0.2) is 60.7 Å². The smallest absolute Gasteiger partial charge is 0.408 e. The molecule has 8 heteroatoms. The lowest BCUT2D eigenvalue weighted by Crippen LogP contribution is -2.46. The molecule has 0 heterocycles. The summed E-state index contributed by atoms with van der Waals surface area (Å²) >= 11 is 0. The van der Waals surface area contributed by atoms with E-state index in [9.17, 15) is 14.4 Å². The molecule has 34 heavy (non-hydrogen) atoms. The zero-order valence-corrected chi connectivity index (χ0v) is 20.2. The Morgan fingerprint density at radius 2 is 1.35 bits per heavy atom. The number of hydrogen-bond acceptors (Lipinski definition) is 7. The summed E-state index contributed by atoms with van der Waals surface area (Å²) in [5.41, 5.74) is 1.01. The van der Waals surface area contributed by atoms with Gasteiger partial charge in [-0.1, -0.05) is 60.7 Å². The molecular weight excluding hydrogens is 436 g/mol. The Labute approximate surface area is 201 Å². The molecule has 8 nitrogen and oxygen atoms in total. The fourth-order valence-corrected chi connectivity index (χ4v) is 2.91. The van der Waals surface area contributed by atoms with Gasteiger partial charge >= 0.3 is 18.0 Å². The number of carbonyl (C=O) groups is 3. The Balaban J connectivity index is 1.84. The second-order valence-corrected chi connectivity index (χ2v) is 8.85. The number of amides is 1. The van der Waals surface area contributed by atoms with Crippen molar-refractivity contribution in [3.05, 3.63) is 71.8 Å². The Bertz CT molecular complexity index is 912. The van der Waals surface area contributed by atoms with Crippen LogP contribution >= 0.6 is 0 Å². The predicted molar refractivity (Wildman–Crippen MR) is 128 cm³/mol. The lowest BCUT2D eigenvalue weighted by atomic mass is 10.1. The first-order valence-corrected chi connectivity index (χ1v) is 11.3. The summed E-state index contributed by atoms with van der Waals surface area (Å²) in [5.74, 6) is -0.988. The van der Waals surface area contributed by atoms with E-state index in [4.69, 9.17) is 14.2 Å². The summed E-state index contributed by atoms with van der Waals surface area (Å²) in [6, 6.07) is 17.1. The van der Waals surface area contributed by atoms with Crippen LogP contribution in [0.1, 0.15) is 45.2 Å². The zero-order chi connectivity index (χ0) is 25.0. The number of benzene rings is 2. The molecule has 0 aromatic heterocycles. The van der Waals surface area contributed by atoms with Gasteiger partial charge in [-0.25, -0.2) is 9.59 Å². The van der Waals surface area contributed by atoms with E-state index < -0.39 is 35.7 Å². The van der Waals surface area contributed by atoms with Crippen LogP contribution in [0, 0.1) is 0 Å². The molecule has 184 valence electrons. The van der Waals surface area contributed by atoms with Crippen molar-refractivity contribution in [3.8, 4) is 0 Å². The molecule has 2 aromatic rings. The van der Waals surface area contributed by atoms with Crippen molar-refractivity contribution >= 4 is 18.0 Å². The highest BCUT2D eigenvalue weighted by Gasteiger charge is 2.27. The summed E-state index contributed by atoms with van der Waals surface area (Å²) in [4.78, 5) is 37.2. The molecule has 2 atom stereocenters. The van der Waals surface area contributed by atoms with E-state index in [1.165, 1.54) is 0 Å². The van der Waals surface area contributed by atoms with Gasteiger partial charge in [-0.3, -0.25) is 4.79 Å². The van der Waals surface area contributed by atoms with Crippen LogP contribution in [-0.2, 0) is 37.0 Å². The summed E-state index contributed by atoms with van der Waals surface area (Å²) in [5, 5.41) is 5.59. The number of carbonyl (C=O) groups excluding carboxylic acids is 3. The summed E-state index contributed by atoms with van der Waals surface area (Å²) in [6.45, 7) is 7.45. The molecule has 2 rings (SSSR count). The van der Waals surface area contributed by atoms with Crippen LogP contribution in [0.25, 0.3) is 0 Å². The molecule has 0 fully saturated rings. The van der Waals surface area contributed by atoms with Crippen molar-refractivity contribution in [3.63, 3.8) is 0 Å². The van der Waals surface area contributed by atoms with Crippen molar-refractivity contribution in [1.29, 1.82) is 0 Å². The van der Waals surface area contributed by atoms with Crippen LogP contribution in [0.4, 0.5) is 4.79 Å². The van der Waals surface area contributed by atoms with Crippen molar-refractivity contribution in [2.24, 2.45) is 0 Å². The summed E-state index contributed by atoms with van der Waals surface area (Å²) < 4.78 is 16.0. The molecule has 1 unspecified atom stereocenters. The first-order chi connectivity index (χ1) is 16.1. The molecule has 0 bridgehead atoms. The number of ether oxygens (including phenoxy) is 3. The lowest BCUT2D eigenvalue weighted by Gasteiger charge is -2.25. The molecule has 0 aliphatic carbocycles. The normalized spacial score (nSPS) is 12.8. The highest BCUT2D eigenvalue weighted by molar-refractivity contribution is 5.81. The van der Waals surface area contributed by atoms with Gasteiger partial charge in [-0.15, -0.1) is 0 Å². The fourth-order valence-electron chi connectivity index (χ4n) is 2.91. The molecule has 0 saturated heterocycles. The maximum atomic E-state index is 12.6. The predicted octanol–water partition coefficient (Wildman–Crippen LogP) is 3.73. The molecule has 0 radical (unpaired) electrons. The van der Waals surface area contributed by atoms with E-state index in [2.05, 4.69) is 10.6 Å². The van der Waals surface area contributed by atoms with Crippen molar-refractivity contribution in [2.45, 2.75) is 65.0 Å². The average molecular weight is 471 g/mol. The number of alkyl carbamates (subject to hydrolysis) is 1. The highest BCUT2D eigenvalue weighted by Crippen LogP contribution is 2.10. The first-order valence-electron chi connectivity index (χ1n) is 11.3. The van der Waals surface area contributed by atoms with Crippen LogP contribution in [0.2, 0.25) is 0 Å². The van der Waals surface area contributed by atoms with Crippen LogP contribution in [-0.4, -0.2) is 42.3 Å². The molecule has 0 aliphatic rings. The van der Waals surface area contributed by atoms with Crippen LogP contribution in [0.5, 0.6) is 0 Å². The van der Waals surface area contributed by atoms with Gasteiger partial charge in [0.05, 0.1) is 0 Å². The molecule has 0 spiro atoms. The quantitative estimate of drug-likeness (QED) is 0.381. The molecule has 2 aromatic carbocycles. The van der Waals surface area contributed by atoms with Gasteiger partial charge in [0, 0.05) is 0 Å². The number of rotatable bonds is 11. The molecule has 2 N–H and O–H groups in total. The highest BCUT2D eigenvalue weighted by atomic mass is 16.6. The van der Waals surface area contributed by atoms with E-state index in [0.29, 0.717) is 0 Å². The van der Waals surface area contributed by atoms with E-state index in [-0.39, 0.29) is 26.2 Å². The third-order valence-electron chi connectivity index (χ3n) is 4.66. The maximum absolute atomic E-state index is 12.6. The first kappa shape index (κ1) is 26.9. The minimum absolute atomic E-state index is 0.0796. The van der Waals surface area contributed by atoms with Gasteiger partial charge in [-0.05, 0) is 51.8 Å². The van der Waals surface area contributed by atoms with Crippen molar-refractivity contribution < 1.29 is 28.6 Å². The Kier molecular flexibility index (Phi) is 10.5. The van der Waals surface area contributed by atoms with Crippen molar-refractivity contribution in [2.75, 3.05) is 6.54 Å². The molecular formula is C26H34N2O6. The summed E-state index contributed by atoms with van der Waals surface area (Å²) in [6.07, 6.45) is -0.527. The van der Waals surface area contributed by atoms with E-state index >= 15 is 0 Å². The Morgan fingerprint density at radius 3 is 1.88 bits per heavy atom. The largest absolute Gasteiger partial charge is 0.460 e. The third-order valence-corrected chi connectivity index (χ3v) is 4.66. The second-order valence-electron chi connectivity index (χ2n) is 8.85. The van der Waals surface area contributed by atoms with Gasteiger partial charge in [0.25, 0.3) is 0 Å². The Morgan fingerprint density at radius 1 is 0.824 bits per heavy atom. The number of nitrogens with one attached hydrogen (secondary N) is 2. The lowest BCUT2D eigenvalue weighted by molar-refractivity contribution is -0.157. The van der Waals surface area contributed by atoms with Crippen LogP contribution < -0.4 is 10.6 Å². The van der Waals surface area contributed by atoms with Gasteiger partial charge in [0.15, 0.2) is 0 Å². The zero-order valence-electron chi connectivity index (χ0n) is 20.2. The van der Waals surface area contributed by atoms with Gasteiger partial charge in [-0.2, -0.15) is 0 Å². The SMILES string of the molecule is C[C@H](NCCC(NC(=O)OCc1ccccc1)C(=O)OC(C)(C)C)C(=O)OCc1ccccc1. The molecule has 0 aliphatic heterocycles. The fraction of sp³-hybridized carbons (Fsp3) is 0.423. The standard InChI is InChI=1S/C26H34N2O6/c1-19(23(29)32-17-20-11-7-5-8-12-20)27-16-15-22(24(30)34-26(2,3)4)28-25(31)33-18-21-13-9-6-10-14-21/h5-14,19,22,27H,15-18H2,1-4H3,(H,28,31)/t19-,22?/m0/s1. The third kappa shape index (κ3) is 10.5. The Hall–Kier alpha value is -3.39. The van der Waals surface area contributed by atoms with E-state index in [1.807, 2.05) is 60.7 Å².